The Balaban J connectivity index is 2.58. The zero-order valence-electron chi connectivity index (χ0n) is 6.39. The van der Waals surface area contributed by atoms with Crippen molar-refractivity contribution in [1.29, 1.82) is 0 Å². The number of H-pyrrole nitrogens is 1. The van der Waals surface area contributed by atoms with Crippen molar-refractivity contribution < 1.29 is 0 Å². The first-order valence-electron chi connectivity index (χ1n) is 3.71. The van der Waals surface area contributed by atoms with E-state index in [2.05, 4.69) is 5.10 Å². The fourth-order valence-corrected chi connectivity index (χ4v) is 2.37. The SMILES string of the molecule is CCn1[nH]c2c(c1=O)CSC2. The van der Waals surface area contributed by atoms with E-state index in [0.717, 1.165) is 29.3 Å². The van der Waals surface area contributed by atoms with Crippen LogP contribution in [-0.2, 0) is 18.1 Å². The average Bonchev–Trinajstić information content (AvgIpc) is 2.53. The quantitative estimate of drug-likeness (QED) is 0.681. The van der Waals surface area contributed by atoms with Gasteiger partial charge in [0.15, 0.2) is 0 Å². The zero-order chi connectivity index (χ0) is 7.84. The highest BCUT2D eigenvalue weighted by Crippen LogP contribution is 2.25. The molecule has 0 atom stereocenters. The van der Waals surface area contributed by atoms with Gasteiger partial charge in [-0.2, -0.15) is 11.8 Å². The van der Waals surface area contributed by atoms with E-state index >= 15 is 0 Å². The lowest BCUT2D eigenvalue weighted by atomic mass is 10.3. The van der Waals surface area contributed by atoms with Crippen LogP contribution >= 0.6 is 11.8 Å². The van der Waals surface area contributed by atoms with Gasteiger partial charge in [0, 0.05) is 18.1 Å². The molecular formula is C7H10N2OS. The number of aromatic nitrogens is 2. The van der Waals surface area contributed by atoms with Crippen LogP contribution in [0.5, 0.6) is 0 Å². The van der Waals surface area contributed by atoms with Crippen LogP contribution in [0.15, 0.2) is 4.79 Å². The van der Waals surface area contributed by atoms with Crippen molar-refractivity contribution in [2.75, 3.05) is 0 Å². The van der Waals surface area contributed by atoms with Crippen LogP contribution in [0.25, 0.3) is 0 Å². The molecule has 1 aromatic heterocycles. The Labute approximate surface area is 68.8 Å². The third-order valence-electron chi connectivity index (χ3n) is 1.95. The van der Waals surface area contributed by atoms with Gasteiger partial charge in [-0.15, -0.1) is 0 Å². The van der Waals surface area contributed by atoms with Crippen LogP contribution in [0.1, 0.15) is 18.2 Å². The zero-order valence-corrected chi connectivity index (χ0v) is 7.20. The Morgan fingerprint density at radius 3 is 3.09 bits per heavy atom. The maximum atomic E-state index is 11.4. The van der Waals surface area contributed by atoms with Gasteiger partial charge in [-0.1, -0.05) is 0 Å². The number of hydrogen-bond donors (Lipinski definition) is 1. The standard InChI is InChI=1S/C7H10N2OS/c1-2-9-7(10)5-3-11-4-6(5)8-9/h8H,2-4H2,1H3. The monoisotopic (exact) mass is 170 g/mol. The summed E-state index contributed by atoms with van der Waals surface area (Å²) in [6.07, 6.45) is 0. The van der Waals surface area contributed by atoms with Gasteiger partial charge in [0.25, 0.3) is 5.56 Å². The van der Waals surface area contributed by atoms with Crippen molar-refractivity contribution >= 4 is 11.8 Å². The van der Waals surface area contributed by atoms with E-state index in [9.17, 15) is 4.79 Å². The van der Waals surface area contributed by atoms with Crippen LogP contribution < -0.4 is 5.56 Å². The van der Waals surface area contributed by atoms with Gasteiger partial charge in [-0.3, -0.25) is 14.6 Å². The smallest absolute Gasteiger partial charge is 0.270 e. The summed E-state index contributed by atoms with van der Waals surface area (Å²) >= 11 is 1.80. The van der Waals surface area contributed by atoms with E-state index in [1.807, 2.05) is 6.92 Å². The second kappa shape index (κ2) is 2.44. The number of nitrogens with one attached hydrogen (secondary N) is 1. The van der Waals surface area contributed by atoms with E-state index in [4.69, 9.17) is 0 Å². The minimum Gasteiger partial charge on any atom is -0.299 e. The van der Waals surface area contributed by atoms with Crippen LogP contribution in [-0.4, -0.2) is 9.78 Å². The summed E-state index contributed by atoms with van der Waals surface area (Å²) in [4.78, 5) is 11.4. The van der Waals surface area contributed by atoms with Crippen molar-refractivity contribution in [1.82, 2.24) is 9.78 Å². The molecule has 0 amide bonds. The fraction of sp³-hybridized carbons (Fsp3) is 0.571. The highest BCUT2D eigenvalue weighted by atomic mass is 32.2. The number of rotatable bonds is 1. The number of aromatic amines is 1. The van der Waals surface area contributed by atoms with Gasteiger partial charge < -0.3 is 0 Å². The van der Waals surface area contributed by atoms with E-state index in [1.54, 1.807) is 16.4 Å². The third kappa shape index (κ3) is 0.929. The molecule has 0 unspecified atom stereocenters. The lowest BCUT2D eigenvalue weighted by molar-refractivity contribution is 0.631. The molecule has 0 spiro atoms. The van der Waals surface area contributed by atoms with E-state index in [0.29, 0.717) is 0 Å². The van der Waals surface area contributed by atoms with Gasteiger partial charge in [-0.05, 0) is 6.92 Å². The lowest BCUT2D eigenvalue weighted by Crippen LogP contribution is -2.17. The Morgan fingerprint density at radius 2 is 2.45 bits per heavy atom. The maximum absolute atomic E-state index is 11.4. The molecule has 60 valence electrons. The number of nitrogens with zero attached hydrogens (tertiary/aromatic N) is 1. The minimum absolute atomic E-state index is 0.174. The number of thioether (sulfide) groups is 1. The maximum Gasteiger partial charge on any atom is 0.270 e. The summed E-state index contributed by atoms with van der Waals surface area (Å²) in [5, 5.41) is 3.09. The van der Waals surface area contributed by atoms with Crippen molar-refractivity contribution in [2.45, 2.75) is 25.0 Å². The molecule has 0 saturated heterocycles. The minimum atomic E-state index is 0.174. The van der Waals surface area contributed by atoms with Crippen LogP contribution in [0.4, 0.5) is 0 Å². The number of hydrogen-bond acceptors (Lipinski definition) is 2. The van der Waals surface area contributed by atoms with Crippen LogP contribution in [0.3, 0.4) is 0 Å². The van der Waals surface area contributed by atoms with Gasteiger partial charge >= 0.3 is 0 Å². The highest BCUT2D eigenvalue weighted by Gasteiger charge is 2.18. The lowest BCUT2D eigenvalue weighted by Gasteiger charge is -1.94. The summed E-state index contributed by atoms with van der Waals surface area (Å²) in [5.41, 5.74) is 2.28. The van der Waals surface area contributed by atoms with Crippen LogP contribution in [0.2, 0.25) is 0 Å². The Hall–Kier alpha value is -0.640. The normalized spacial score (nSPS) is 15.4. The molecule has 4 heteroatoms. The molecule has 2 rings (SSSR count). The van der Waals surface area contributed by atoms with Gasteiger partial charge in [-0.25, -0.2) is 0 Å². The summed E-state index contributed by atoms with van der Waals surface area (Å²) in [6.45, 7) is 2.72. The van der Waals surface area contributed by atoms with Crippen molar-refractivity contribution in [3.8, 4) is 0 Å². The largest absolute Gasteiger partial charge is 0.299 e. The first kappa shape index (κ1) is 7.03. The predicted molar refractivity (Wildman–Crippen MR) is 45.7 cm³/mol. The Bertz CT molecular complexity index is 326. The van der Waals surface area contributed by atoms with Crippen molar-refractivity contribution in [3.05, 3.63) is 21.6 Å². The third-order valence-corrected chi connectivity index (χ3v) is 2.93. The van der Waals surface area contributed by atoms with Crippen LogP contribution in [0, 0.1) is 0 Å². The molecule has 0 radical (unpaired) electrons. The molecule has 0 bridgehead atoms. The summed E-state index contributed by atoms with van der Waals surface area (Å²) in [5.74, 6) is 1.86. The number of aryl methyl sites for hydroxylation is 1. The molecule has 0 saturated carbocycles. The molecule has 0 aromatic carbocycles. The summed E-state index contributed by atoms with van der Waals surface area (Å²) in [6, 6.07) is 0. The number of fused-ring (bicyclic) bond motifs is 1. The van der Waals surface area contributed by atoms with Crippen molar-refractivity contribution in [2.24, 2.45) is 0 Å². The van der Waals surface area contributed by atoms with E-state index in [-0.39, 0.29) is 5.56 Å². The molecule has 2 heterocycles. The molecule has 1 aromatic rings. The molecule has 0 aliphatic carbocycles. The van der Waals surface area contributed by atoms with E-state index in [1.165, 1.54) is 0 Å². The molecule has 1 N–H and O–H groups in total. The summed E-state index contributed by atoms with van der Waals surface area (Å²) < 4.78 is 1.67. The fourth-order valence-electron chi connectivity index (χ4n) is 1.32. The summed E-state index contributed by atoms with van der Waals surface area (Å²) in [7, 11) is 0. The van der Waals surface area contributed by atoms with E-state index < -0.39 is 0 Å². The Morgan fingerprint density at radius 1 is 1.64 bits per heavy atom. The predicted octanol–water partition coefficient (Wildman–Crippen LogP) is 0.943. The topological polar surface area (TPSA) is 37.8 Å². The molecule has 1 aliphatic heterocycles. The highest BCUT2D eigenvalue weighted by molar-refractivity contribution is 7.98. The van der Waals surface area contributed by atoms with Gasteiger partial charge in [0.2, 0.25) is 0 Å². The molecule has 11 heavy (non-hydrogen) atoms. The van der Waals surface area contributed by atoms with Gasteiger partial charge in [0.1, 0.15) is 0 Å². The molecule has 0 fully saturated rings. The molecular weight excluding hydrogens is 160 g/mol. The first-order chi connectivity index (χ1) is 5.33. The first-order valence-corrected chi connectivity index (χ1v) is 4.86. The second-order valence-corrected chi connectivity index (χ2v) is 3.60. The molecule has 1 aliphatic rings. The molecule has 3 nitrogen and oxygen atoms in total. The second-order valence-electron chi connectivity index (χ2n) is 2.61. The average molecular weight is 170 g/mol. The van der Waals surface area contributed by atoms with Crippen molar-refractivity contribution in [3.63, 3.8) is 0 Å². The van der Waals surface area contributed by atoms with Gasteiger partial charge in [0.05, 0.1) is 11.3 Å². The Kier molecular flexibility index (Phi) is 1.56.